The van der Waals surface area contributed by atoms with Gasteiger partial charge in [0.15, 0.2) is 17.0 Å². The highest BCUT2D eigenvalue weighted by Gasteiger charge is 2.15. The summed E-state index contributed by atoms with van der Waals surface area (Å²) >= 11 is 5.65. The first-order valence-corrected chi connectivity index (χ1v) is 6.39. The lowest BCUT2D eigenvalue weighted by molar-refractivity contribution is 0.0635. The molecule has 114 valence electrons. The van der Waals surface area contributed by atoms with Crippen molar-refractivity contribution in [3.63, 3.8) is 0 Å². The van der Waals surface area contributed by atoms with Gasteiger partial charge in [0, 0.05) is 12.4 Å². The van der Waals surface area contributed by atoms with E-state index in [1.54, 1.807) is 26.6 Å². The number of ether oxygens (including phenoxy) is 3. The molecule has 0 fully saturated rings. The lowest BCUT2D eigenvalue weighted by Crippen LogP contribution is -2.23. The SMILES string of the molecule is C#CCOC1N=CNC=C1OC.COC1=CNC=NC1Cl. The van der Waals surface area contributed by atoms with Crippen LogP contribution in [0.3, 0.4) is 0 Å². The van der Waals surface area contributed by atoms with Gasteiger partial charge < -0.3 is 24.8 Å². The van der Waals surface area contributed by atoms with E-state index in [9.17, 15) is 0 Å². The molecule has 0 aromatic carbocycles. The van der Waals surface area contributed by atoms with E-state index in [2.05, 4.69) is 26.5 Å². The van der Waals surface area contributed by atoms with Crippen LogP contribution in [0.5, 0.6) is 0 Å². The van der Waals surface area contributed by atoms with Crippen LogP contribution < -0.4 is 10.6 Å². The smallest absolute Gasteiger partial charge is 0.210 e. The number of terminal acetylenes is 1. The predicted octanol–water partition coefficient (Wildman–Crippen LogP) is 0.752. The van der Waals surface area contributed by atoms with Crippen LogP contribution in [0, 0.1) is 12.3 Å². The Kier molecular flexibility index (Phi) is 7.79. The highest BCUT2D eigenvalue weighted by molar-refractivity contribution is 6.22. The number of hydrogen-bond donors (Lipinski definition) is 2. The minimum Gasteiger partial charge on any atom is -0.496 e. The van der Waals surface area contributed by atoms with Gasteiger partial charge in [-0.25, -0.2) is 9.98 Å². The van der Waals surface area contributed by atoms with E-state index in [0.717, 1.165) is 0 Å². The Labute approximate surface area is 128 Å². The summed E-state index contributed by atoms with van der Waals surface area (Å²) in [7, 11) is 3.12. The molecule has 0 amide bonds. The van der Waals surface area contributed by atoms with Crippen molar-refractivity contribution in [2.75, 3.05) is 20.8 Å². The second kappa shape index (κ2) is 9.69. The van der Waals surface area contributed by atoms with Crippen molar-refractivity contribution in [3.8, 4) is 12.3 Å². The van der Waals surface area contributed by atoms with Gasteiger partial charge >= 0.3 is 0 Å². The molecule has 0 aromatic rings. The average molecular weight is 313 g/mol. The first-order chi connectivity index (χ1) is 10.2. The molecule has 2 unspecified atom stereocenters. The molecule has 0 aromatic heterocycles. The molecule has 2 atom stereocenters. The van der Waals surface area contributed by atoms with Crippen molar-refractivity contribution < 1.29 is 14.2 Å². The molecule has 21 heavy (non-hydrogen) atoms. The average Bonchev–Trinajstić information content (AvgIpc) is 2.54. The van der Waals surface area contributed by atoms with Gasteiger partial charge in [0.1, 0.15) is 6.61 Å². The number of nitrogens with zero attached hydrogens (tertiary/aromatic N) is 2. The molecule has 0 saturated heterocycles. The van der Waals surface area contributed by atoms with Crippen molar-refractivity contribution in [2.45, 2.75) is 11.7 Å². The summed E-state index contributed by atoms with van der Waals surface area (Å²) in [5.74, 6) is 3.62. The van der Waals surface area contributed by atoms with Gasteiger partial charge in [0.25, 0.3) is 0 Å². The number of rotatable bonds is 4. The minimum absolute atomic E-state index is 0.225. The molecule has 2 rings (SSSR count). The summed E-state index contributed by atoms with van der Waals surface area (Å²) in [6.45, 7) is 0.225. The molecule has 2 N–H and O–H groups in total. The highest BCUT2D eigenvalue weighted by Crippen LogP contribution is 2.12. The van der Waals surface area contributed by atoms with Gasteiger partial charge in [0.05, 0.1) is 26.9 Å². The monoisotopic (exact) mass is 312 g/mol. The van der Waals surface area contributed by atoms with Crippen molar-refractivity contribution in [2.24, 2.45) is 9.98 Å². The van der Waals surface area contributed by atoms with Crippen LogP contribution in [0.2, 0.25) is 0 Å². The molecule has 2 aliphatic heterocycles. The Balaban J connectivity index is 0.000000219. The first-order valence-electron chi connectivity index (χ1n) is 5.95. The molecule has 0 radical (unpaired) electrons. The zero-order chi connectivity index (χ0) is 15.5. The largest absolute Gasteiger partial charge is 0.496 e. The van der Waals surface area contributed by atoms with Crippen molar-refractivity contribution in [1.82, 2.24) is 10.6 Å². The fraction of sp³-hybridized carbons (Fsp3) is 0.385. The number of alkyl halides is 1. The molecule has 8 heteroatoms. The fourth-order valence-electron chi connectivity index (χ4n) is 1.31. The molecule has 2 heterocycles. The van der Waals surface area contributed by atoms with E-state index >= 15 is 0 Å². The highest BCUT2D eigenvalue weighted by atomic mass is 35.5. The molecule has 0 bridgehead atoms. The van der Waals surface area contributed by atoms with Crippen molar-refractivity contribution in [1.29, 1.82) is 0 Å². The lowest BCUT2D eigenvalue weighted by atomic mass is 10.4. The van der Waals surface area contributed by atoms with E-state index in [-0.39, 0.29) is 12.1 Å². The van der Waals surface area contributed by atoms with Gasteiger partial charge in [-0.1, -0.05) is 17.5 Å². The van der Waals surface area contributed by atoms with Crippen LogP contribution in [-0.4, -0.2) is 45.2 Å². The van der Waals surface area contributed by atoms with Crippen molar-refractivity contribution in [3.05, 3.63) is 23.9 Å². The first kappa shape index (κ1) is 16.9. The maximum Gasteiger partial charge on any atom is 0.210 e. The Morgan fingerprint density at radius 2 is 1.81 bits per heavy atom. The van der Waals surface area contributed by atoms with E-state index in [1.165, 1.54) is 12.7 Å². The third-order valence-corrected chi connectivity index (χ3v) is 2.62. The summed E-state index contributed by atoms with van der Waals surface area (Å²) in [5.41, 5.74) is -0.365. The van der Waals surface area contributed by atoms with E-state index in [4.69, 9.17) is 32.2 Å². The third kappa shape index (κ3) is 5.77. The number of hydrogen-bond acceptors (Lipinski definition) is 7. The fourth-order valence-corrected chi connectivity index (χ4v) is 1.52. The van der Waals surface area contributed by atoms with E-state index < -0.39 is 6.23 Å². The number of nitrogens with one attached hydrogen (secondary N) is 2. The van der Waals surface area contributed by atoms with Crippen LogP contribution >= 0.6 is 11.6 Å². The summed E-state index contributed by atoms with van der Waals surface area (Å²) < 4.78 is 15.0. The van der Waals surface area contributed by atoms with Crippen LogP contribution in [0.25, 0.3) is 0 Å². The Morgan fingerprint density at radius 3 is 2.33 bits per heavy atom. The standard InChI is InChI=1S/C8H10N2O2.C5H7ClN2O/c1-3-4-12-8-7(11-2)5-9-6-10-8;1-9-4-2-7-3-8-5(4)6/h1,5-6,8H,4H2,2H3,(H,9,10);2-3,5H,1H3,(H,7,8). The summed E-state index contributed by atoms with van der Waals surface area (Å²) in [4.78, 5) is 7.79. The third-order valence-electron chi connectivity index (χ3n) is 2.29. The maximum atomic E-state index is 5.65. The second-order valence-electron chi connectivity index (χ2n) is 3.59. The zero-order valence-electron chi connectivity index (χ0n) is 11.7. The molecular weight excluding hydrogens is 296 g/mol. The Bertz CT molecular complexity index is 482. The molecule has 2 aliphatic rings. The lowest BCUT2D eigenvalue weighted by Gasteiger charge is -2.17. The second-order valence-corrected chi connectivity index (χ2v) is 4.01. The van der Waals surface area contributed by atoms with Gasteiger partial charge in [-0.3, -0.25) is 0 Å². The maximum absolute atomic E-state index is 5.65. The molecule has 7 nitrogen and oxygen atoms in total. The van der Waals surface area contributed by atoms with Gasteiger partial charge in [-0.05, 0) is 0 Å². The number of aliphatic imine (C=N–C) groups is 2. The molecule has 0 spiro atoms. The predicted molar refractivity (Wildman–Crippen MR) is 81.7 cm³/mol. The van der Waals surface area contributed by atoms with Crippen LogP contribution in [0.1, 0.15) is 0 Å². The van der Waals surface area contributed by atoms with E-state index in [1.807, 2.05) is 0 Å². The Hall–Kier alpha value is -2.17. The van der Waals surface area contributed by atoms with Gasteiger partial charge in [-0.15, -0.1) is 6.42 Å². The van der Waals surface area contributed by atoms with Gasteiger partial charge in [0.2, 0.25) is 6.23 Å². The molecule has 0 saturated carbocycles. The summed E-state index contributed by atoms with van der Waals surface area (Å²) in [6, 6.07) is 0. The van der Waals surface area contributed by atoms with Crippen molar-refractivity contribution >= 4 is 24.3 Å². The summed E-state index contributed by atoms with van der Waals surface area (Å²) in [6.07, 6.45) is 11.0. The van der Waals surface area contributed by atoms with Gasteiger partial charge in [-0.2, -0.15) is 0 Å². The quantitative estimate of drug-likeness (QED) is 0.455. The van der Waals surface area contributed by atoms with Crippen LogP contribution in [0.15, 0.2) is 33.9 Å². The number of methoxy groups -OCH3 is 2. The van der Waals surface area contributed by atoms with Crippen LogP contribution in [-0.2, 0) is 14.2 Å². The zero-order valence-corrected chi connectivity index (χ0v) is 12.5. The molecular formula is C13H17ClN4O3. The molecule has 0 aliphatic carbocycles. The van der Waals surface area contributed by atoms with E-state index in [0.29, 0.717) is 11.5 Å². The minimum atomic E-state index is -0.410. The topological polar surface area (TPSA) is 76.5 Å². The Morgan fingerprint density at radius 1 is 1.19 bits per heavy atom. The van der Waals surface area contributed by atoms with Crippen LogP contribution in [0.4, 0.5) is 0 Å². The number of halogens is 1. The normalized spacial score (nSPS) is 22.4. The summed E-state index contributed by atoms with van der Waals surface area (Å²) in [5, 5.41) is 5.53.